The molecule has 1 fully saturated rings. The van der Waals surface area contributed by atoms with E-state index in [1.54, 1.807) is 0 Å². The first-order valence-corrected chi connectivity index (χ1v) is 6.76. The van der Waals surface area contributed by atoms with Crippen LogP contribution in [0.4, 0.5) is 5.69 Å². The van der Waals surface area contributed by atoms with Crippen molar-refractivity contribution >= 4 is 16.6 Å². The van der Waals surface area contributed by atoms with E-state index in [1.165, 1.54) is 37.9 Å². The van der Waals surface area contributed by atoms with Crippen LogP contribution in [0.1, 0.15) is 19.3 Å². The summed E-state index contributed by atoms with van der Waals surface area (Å²) in [5.41, 5.74) is 7.79. The predicted octanol–water partition coefficient (Wildman–Crippen LogP) is 2.10. The van der Waals surface area contributed by atoms with Gasteiger partial charge in [0.1, 0.15) is 0 Å². The predicted molar refractivity (Wildman–Crippen MR) is 74.4 cm³/mol. The number of rotatable bonds is 4. The van der Waals surface area contributed by atoms with Crippen molar-refractivity contribution in [2.45, 2.75) is 25.8 Å². The second-order valence-electron chi connectivity index (χ2n) is 5.09. The standard InChI is InChI=1S/C14H20N4/c15-13-5-4-12-11-16-18(14(12)10-13)9-3-8-17-6-1-2-7-17/h4-5,10-11H,1-3,6-9,15H2. The Labute approximate surface area is 107 Å². The SMILES string of the molecule is Nc1ccc2cnn(CCCN3CCCC3)c2c1. The van der Waals surface area contributed by atoms with E-state index >= 15 is 0 Å². The fourth-order valence-electron chi connectivity index (χ4n) is 2.72. The zero-order valence-electron chi connectivity index (χ0n) is 10.7. The van der Waals surface area contributed by atoms with E-state index < -0.39 is 0 Å². The van der Waals surface area contributed by atoms with Crippen LogP contribution in [0.5, 0.6) is 0 Å². The molecule has 18 heavy (non-hydrogen) atoms. The topological polar surface area (TPSA) is 47.1 Å². The zero-order chi connectivity index (χ0) is 12.4. The molecule has 0 saturated carbocycles. The third kappa shape index (κ3) is 2.34. The smallest absolute Gasteiger partial charge is 0.0702 e. The number of nitrogen functional groups attached to an aromatic ring is 1. The maximum atomic E-state index is 5.83. The number of nitrogens with zero attached hydrogens (tertiary/aromatic N) is 3. The highest BCUT2D eigenvalue weighted by atomic mass is 15.3. The van der Waals surface area contributed by atoms with E-state index in [1.807, 2.05) is 24.4 Å². The zero-order valence-corrected chi connectivity index (χ0v) is 10.7. The normalized spacial score (nSPS) is 16.7. The van der Waals surface area contributed by atoms with Gasteiger partial charge in [0.15, 0.2) is 0 Å². The molecular weight excluding hydrogens is 224 g/mol. The molecule has 2 aromatic rings. The van der Waals surface area contributed by atoms with Crippen molar-refractivity contribution in [2.75, 3.05) is 25.4 Å². The number of anilines is 1. The molecule has 0 unspecified atom stereocenters. The Balaban J connectivity index is 1.65. The maximum Gasteiger partial charge on any atom is 0.0702 e. The van der Waals surface area contributed by atoms with Gasteiger partial charge in [-0.15, -0.1) is 0 Å². The van der Waals surface area contributed by atoms with E-state index in [9.17, 15) is 0 Å². The second kappa shape index (κ2) is 4.98. The second-order valence-corrected chi connectivity index (χ2v) is 5.09. The van der Waals surface area contributed by atoms with Crippen molar-refractivity contribution in [2.24, 2.45) is 0 Å². The minimum absolute atomic E-state index is 0.809. The summed E-state index contributed by atoms with van der Waals surface area (Å²) < 4.78 is 2.07. The molecule has 0 spiro atoms. The molecule has 0 atom stereocenters. The Hall–Kier alpha value is -1.55. The molecule has 1 saturated heterocycles. The van der Waals surface area contributed by atoms with Gasteiger partial charge in [0, 0.05) is 17.6 Å². The number of benzene rings is 1. The van der Waals surface area contributed by atoms with Gasteiger partial charge in [0.2, 0.25) is 0 Å². The summed E-state index contributed by atoms with van der Waals surface area (Å²) in [6.07, 6.45) is 5.80. The van der Waals surface area contributed by atoms with E-state index in [0.717, 1.165) is 24.2 Å². The molecule has 2 N–H and O–H groups in total. The first kappa shape index (κ1) is 11.5. The molecule has 4 nitrogen and oxygen atoms in total. The fraction of sp³-hybridized carbons (Fsp3) is 0.500. The van der Waals surface area contributed by atoms with E-state index in [4.69, 9.17) is 5.73 Å². The summed E-state index contributed by atoms with van der Waals surface area (Å²) in [5, 5.41) is 5.61. The van der Waals surface area contributed by atoms with Crippen LogP contribution in [0.25, 0.3) is 10.9 Å². The lowest BCUT2D eigenvalue weighted by Crippen LogP contribution is -2.21. The molecule has 2 heterocycles. The van der Waals surface area contributed by atoms with Gasteiger partial charge in [0.05, 0.1) is 11.7 Å². The number of aromatic nitrogens is 2. The summed E-state index contributed by atoms with van der Waals surface area (Å²) in [6, 6.07) is 5.98. The summed E-state index contributed by atoms with van der Waals surface area (Å²) in [4.78, 5) is 2.54. The number of nitrogens with two attached hydrogens (primary N) is 1. The molecule has 1 aromatic carbocycles. The van der Waals surface area contributed by atoms with Crippen molar-refractivity contribution in [3.63, 3.8) is 0 Å². The highest BCUT2D eigenvalue weighted by Gasteiger charge is 2.11. The molecule has 1 aromatic heterocycles. The first-order valence-electron chi connectivity index (χ1n) is 6.76. The van der Waals surface area contributed by atoms with Crippen LogP contribution in [-0.2, 0) is 6.54 Å². The van der Waals surface area contributed by atoms with Crippen LogP contribution < -0.4 is 5.73 Å². The largest absolute Gasteiger partial charge is 0.399 e. The van der Waals surface area contributed by atoms with Gasteiger partial charge in [-0.25, -0.2) is 0 Å². The molecular formula is C14H20N4. The highest BCUT2D eigenvalue weighted by Crippen LogP contribution is 2.17. The van der Waals surface area contributed by atoms with Crippen molar-refractivity contribution in [3.05, 3.63) is 24.4 Å². The molecule has 0 amide bonds. The van der Waals surface area contributed by atoms with E-state index in [0.29, 0.717) is 0 Å². The molecule has 96 valence electrons. The lowest BCUT2D eigenvalue weighted by Gasteiger charge is -2.14. The lowest BCUT2D eigenvalue weighted by molar-refractivity contribution is 0.323. The monoisotopic (exact) mass is 244 g/mol. The average Bonchev–Trinajstić information content (AvgIpc) is 2.99. The Morgan fingerprint density at radius 3 is 2.83 bits per heavy atom. The van der Waals surface area contributed by atoms with Gasteiger partial charge in [-0.2, -0.15) is 5.10 Å². The first-order chi connectivity index (χ1) is 8.83. The van der Waals surface area contributed by atoms with Gasteiger partial charge in [-0.3, -0.25) is 4.68 Å². The third-order valence-corrected chi connectivity index (χ3v) is 3.71. The summed E-state index contributed by atoms with van der Waals surface area (Å²) in [7, 11) is 0. The third-order valence-electron chi connectivity index (χ3n) is 3.71. The average molecular weight is 244 g/mol. The Morgan fingerprint density at radius 2 is 2.00 bits per heavy atom. The van der Waals surface area contributed by atoms with Crippen LogP contribution in [0, 0.1) is 0 Å². The summed E-state index contributed by atoms with van der Waals surface area (Å²) >= 11 is 0. The van der Waals surface area contributed by atoms with Crippen LogP contribution in [0.3, 0.4) is 0 Å². The molecule has 1 aliphatic heterocycles. The van der Waals surface area contributed by atoms with Crippen LogP contribution in [0.2, 0.25) is 0 Å². The molecule has 0 bridgehead atoms. The van der Waals surface area contributed by atoms with Gasteiger partial charge < -0.3 is 10.6 Å². The number of fused-ring (bicyclic) bond motifs is 1. The van der Waals surface area contributed by atoms with E-state index in [2.05, 4.69) is 14.7 Å². The number of hydrogen-bond donors (Lipinski definition) is 1. The molecule has 1 aliphatic rings. The highest BCUT2D eigenvalue weighted by molar-refractivity contribution is 5.81. The molecule has 0 radical (unpaired) electrons. The Kier molecular flexibility index (Phi) is 3.19. The van der Waals surface area contributed by atoms with Crippen molar-refractivity contribution in [1.29, 1.82) is 0 Å². The van der Waals surface area contributed by atoms with Gasteiger partial charge >= 0.3 is 0 Å². The van der Waals surface area contributed by atoms with Gasteiger partial charge in [-0.05, 0) is 57.1 Å². The Bertz CT molecular complexity index is 526. The lowest BCUT2D eigenvalue weighted by atomic mass is 10.2. The van der Waals surface area contributed by atoms with Crippen molar-refractivity contribution in [3.8, 4) is 0 Å². The Morgan fingerprint density at radius 1 is 1.17 bits per heavy atom. The number of likely N-dealkylation sites (tertiary alicyclic amines) is 1. The van der Waals surface area contributed by atoms with Crippen LogP contribution in [0.15, 0.2) is 24.4 Å². The van der Waals surface area contributed by atoms with E-state index in [-0.39, 0.29) is 0 Å². The van der Waals surface area contributed by atoms with Gasteiger partial charge in [0.25, 0.3) is 0 Å². The molecule has 4 heteroatoms. The minimum atomic E-state index is 0.809. The van der Waals surface area contributed by atoms with Crippen molar-refractivity contribution < 1.29 is 0 Å². The van der Waals surface area contributed by atoms with Gasteiger partial charge in [-0.1, -0.05) is 0 Å². The minimum Gasteiger partial charge on any atom is -0.399 e. The maximum absolute atomic E-state index is 5.83. The number of hydrogen-bond acceptors (Lipinski definition) is 3. The van der Waals surface area contributed by atoms with Crippen molar-refractivity contribution in [1.82, 2.24) is 14.7 Å². The summed E-state index contributed by atoms with van der Waals surface area (Å²) in [6.45, 7) is 4.70. The summed E-state index contributed by atoms with van der Waals surface area (Å²) in [5.74, 6) is 0. The number of aryl methyl sites for hydroxylation is 1. The quantitative estimate of drug-likeness (QED) is 0.838. The van der Waals surface area contributed by atoms with Crippen LogP contribution in [-0.4, -0.2) is 34.3 Å². The molecule has 3 rings (SSSR count). The van der Waals surface area contributed by atoms with Crippen LogP contribution >= 0.6 is 0 Å². The fourth-order valence-corrected chi connectivity index (χ4v) is 2.72. The molecule has 0 aliphatic carbocycles.